The van der Waals surface area contributed by atoms with E-state index in [0.717, 1.165) is 22.2 Å². The molecule has 49 heavy (non-hydrogen) atoms. The molecule has 0 radical (unpaired) electrons. The third-order valence-corrected chi connectivity index (χ3v) is 9.85. The lowest BCUT2D eigenvalue weighted by molar-refractivity contribution is -0.172. The Balaban J connectivity index is 1.27. The molecule has 2 amide bonds. The highest BCUT2D eigenvalue weighted by atomic mass is 16.7. The van der Waals surface area contributed by atoms with Gasteiger partial charge >= 0.3 is 0 Å². The van der Waals surface area contributed by atoms with Gasteiger partial charge in [-0.05, 0) is 56.0 Å². The molecule has 4 heterocycles. The van der Waals surface area contributed by atoms with Crippen LogP contribution in [0, 0.1) is 5.92 Å². The maximum Gasteiger partial charge on any atom is 0.288 e. The minimum Gasteiger partial charge on any atom is -0.459 e. The van der Waals surface area contributed by atoms with E-state index in [4.69, 9.17) is 24.1 Å². The standard InChI is InChI=1S/C37H46N4O8/c1-3-48-35-29(13-19-46-21-22-47-20-18-42)30(31-24-40(26(2)43)32-12-8-7-11-28(31)32)23-33(49-35)34(44)39-16-14-37(15-17-39)36(45)38-25-41(37)27-9-5-4-6-10-27/h4-12,23-24,29-30,35,42H,3,13-22,25H2,1-2H3,(H,38,45). The van der Waals surface area contributed by atoms with Gasteiger partial charge in [0, 0.05) is 62.3 Å². The van der Waals surface area contributed by atoms with Crippen LogP contribution in [-0.2, 0) is 28.5 Å². The number of aliphatic hydroxyl groups is 1. The van der Waals surface area contributed by atoms with Crippen LogP contribution >= 0.6 is 0 Å². The van der Waals surface area contributed by atoms with Crippen LogP contribution in [0.15, 0.2) is 72.6 Å². The second-order valence-corrected chi connectivity index (χ2v) is 12.6. The fraction of sp³-hybridized carbons (Fsp3) is 0.486. The number of para-hydroxylation sites is 2. The Bertz CT molecular complexity index is 1650. The number of piperidine rings is 1. The van der Waals surface area contributed by atoms with Gasteiger partial charge in [0.2, 0.25) is 18.1 Å². The second kappa shape index (κ2) is 15.5. The first-order chi connectivity index (χ1) is 23.9. The first-order valence-corrected chi connectivity index (χ1v) is 17.2. The highest BCUT2D eigenvalue weighted by Gasteiger charge is 2.51. The molecule has 0 aliphatic carbocycles. The zero-order valence-electron chi connectivity index (χ0n) is 28.2. The van der Waals surface area contributed by atoms with Crippen LogP contribution in [0.1, 0.15) is 49.4 Å². The van der Waals surface area contributed by atoms with Crippen molar-refractivity contribution < 1.29 is 38.4 Å². The number of anilines is 1. The Kier molecular flexibility index (Phi) is 11.0. The van der Waals surface area contributed by atoms with Crippen LogP contribution in [0.25, 0.3) is 10.9 Å². The number of nitrogens with zero attached hydrogens (tertiary/aromatic N) is 3. The zero-order valence-corrected chi connectivity index (χ0v) is 28.2. The minimum absolute atomic E-state index is 0.0139. The largest absolute Gasteiger partial charge is 0.459 e. The Labute approximate surface area is 286 Å². The number of carbonyl (C=O) groups excluding carboxylic acids is 3. The van der Waals surface area contributed by atoms with Gasteiger partial charge in [0.25, 0.3) is 5.91 Å². The molecule has 3 aliphatic heterocycles. The van der Waals surface area contributed by atoms with Crippen molar-refractivity contribution in [1.29, 1.82) is 0 Å². The summed E-state index contributed by atoms with van der Waals surface area (Å²) in [5.41, 5.74) is 1.94. The lowest BCUT2D eigenvalue weighted by Gasteiger charge is -2.44. The van der Waals surface area contributed by atoms with Gasteiger partial charge in [-0.25, -0.2) is 0 Å². The predicted octanol–water partition coefficient (Wildman–Crippen LogP) is 3.65. The van der Waals surface area contributed by atoms with Crippen LogP contribution in [0.2, 0.25) is 0 Å². The quantitative estimate of drug-likeness (QED) is 0.261. The maximum atomic E-state index is 14.2. The fourth-order valence-corrected chi connectivity index (χ4v) is 7.39. The Morgan fingerprint density at radius 3 is 2.43 bits per heavy atom. The maximum absolute atomic E-state index is 14.2. The molecule has 12 heteroatoms. The van der Waals surface area contributed by atoms with Crippen molar-refractivity contribution in [3.05, 3.63) is 78.2 Å². The fourth-order valence-electron chi connectivity index (χ4n) is 7.39. The summed E-state index contributed by atoms with van der Waals surface area (Å²) in [6, 6.07) is 17.6. The number of hydrogen-bond acceptors (Lipinski definition) is 9. The van der Waals surface area contributed by atoms with E-state index in [1.165, 1.54) is 6.92 Å². The second-order valence-electron chi connectivity index (χ2n) is 12.6. The van der Waals surface area contributed by atoms with Gasteiger partial charge in [0.05, 0.1) is 38.6 Å². The molecule has 2 N–H and O–H groups in total. The minimum atomic E-state index is -0.738. The monoisotopic (exact) mass is 674 g/mol. The normalized spacial score (nSPS) is 21.9. The van der Waals surface area contributed by atoms with Crippen LogP contribution < -0.4 is 10.2 Å². The number of benzene rings is 2. The molecule has 2 aromatic carbocycles. The van der Waals surface area contributed by atoms with E-state index < -0.39 is 11.8 Å². The summed E-state index contributed by atoms with van der Waals surface area (Å²) < 4.78 is 25.4. The van der Waals surface area contributed by atoms with E-state index >= 15 is 0 Å². The highest BCUT2D eigenvalue weighted by molar-refractivity contribution is 5.96. The van der Waals surface area contributed by atoms with Gasteiger partial charge in [0.15, 0.2) is 5.76 Å². The van der Waals surface area contributed by atoms with Crippen LogP contribution in [0.3, 0.4) is 0 Å². The van der Waals surface area contributed by atoms with Gasteiger partial charge in [-0.3, -0.25) is 19.0 Å². The van der Waals surface area contributed by atoms with Crippen molar-refractivity contribution in [2.75, 3.05) is 64.3 Å². The number of amides is 2. The summed E-state index contributed by atoms with van der Waals surface area (Å²) in [4.78, 5) is 44.0. The topological polar surface area (TPSA) is 132 Å². The molecule has 12 nitrogen and oxygen atoms in total. The van der Waals surface area contributed by atoms with Gasteiger partial charge in [0.1, 0.15) is 5.54 Å². The number of rotatable bonds is 13. The number of aliphatic hydroxyl groups excluding tert-OH is 1. The number of carbonyl (C=O) groups is 3. The third kappa shape index (κ3) is 7.09. The average Bonchev–Trinajstić information content (AvgIpc) is 3.66. The summed E-state index contributed by atoms with van der Waals surface area (Å²) in [6.07, 6.45) is 4.53. The van der Waals surface area contributed by atoms with Gasteiger partial charge in [-0.15, -0.1) is 0 Å². The molecule has 6 rings (SSSR count). The zero-order chi connectivity index (χ0) is 34.4. The highest BCUT2D eigenvalue weighted by Crippen LogP contribution is 2.43. The number of allylic oxidation sites excluding steroid dienone is 1. The third-order valence-electron chi connectivity index (χ3n) is 9.85. The summed E-state index contributed by atoms with van der Waals surface area (Å²) >= 11 is 0. The van der Waals surface area contributed by atoms with Crippen molar-refractivity contribution in [1.82, 2.24) is 14.8 Å². The molecule has 3 unspecified atom stereocenters. The van der Waals surface area contributed by atoms with Crippen LogP contribution in [0.4, 0.5) is 5.69 Å². The van der Waals surface area contributed by atoms with Gasteiger partial charge in [-0.2, -0.15) is 0 Å². The number of ether oxygens (including phenoxy) is 4. The average molecular weight is 675 g/mol. The van der Waals surface area contributed by atoms with E-state index in [0.29, 0.717) is 65.4 Å². The number of aromatic nitrogens is 1. The van der Waals surface area contributed by atoms with E-state index in [2.05, 4.69) is 10.2 Å². The molecule has 0 saturated carbocycles. The van der Waals surface area contributed by atoms with E-state index in [1.54, 1.807) is 9.47 Å². The molecule has 0 bridgehead atoms. The van der Waals surface area contributed by atoms with E-state index in [-0.39, 0.29) is 48.5 Å². The predicted molar refractivity (Wildman–Crippen MR) is 183 cm³/mol. The molecule has 3 aliphatic rings. The summed E-state index contributed by atoms with van der Waals surface area (Å²) in [5.74, 6) is -0.729. The molecule has 3 atom stereocenters. The lowest BCUT2D eigenvalue weighted by Crippen LogP contribution is -2.57. The summed E-state index contributed by atoms with van der Waals surface area (Å²) in [6.45, 7) is 6.35. The SMILES string of the molecule is CCOC1OC(C(=O)N2CCC3(CC2)C(=O)NCN3c2ccccc2)=CC(c2cn(C(C)=O)c3ccccc23)C1CCOCCOCCO. The smallest absolute Gasteiger partial charge is 0.288 e. The van der Waals surface area contributed by atoms with Crippen molar-refractivity contribution in [3.63, 3.8) is 0 Å². The summed E-state index contributed by atoms with van der Waals surface area (Å²) in [5, 5.41) is 12.9. The van der Waals surface area contributed by atoms with E-state index in [1.807, 2.05) is 73.8 Å². The molecule has 3 aromatic rings. The number of nitrogens with one attached hydrogen (secondary N) is 1. The van der Waals surface area contributed by atoms with Gasteiger partial charge in [-0.1, -0.05) is 36.4 Å². The Morgan fingerprint density at radius 1 is 1.00 bits per heavy atom. The van der Waals surface area contributed by atoms with Crippen molar-refractivity contribution in [3.8, 4) is 0 Å². The van der Waals surface area contributed by atoms with Gasteiger partial charge < -0.3 is 39.2 Å². The first-order valence-electron chi connectivity index (χ1n) is 17.2. The molecule has 262 valence electrons. The number of fused-ring (bicyclic) bond motifs is 1. The Morgan fingerprint density at radius 2 is 1.71 bits per heavy atom. The molecule has 1 spiro atoms. The number of hydrogen-bond donors (Lipinski definition) is 2. The Hall–Kier alpha value is -4.23. The summed E-state index contributed by atoms with van der Waals surface area (Å²) in [7, 11) is 0. The molecule has 1 aromatic heterocycles. The van der Waals surface area contributed by atoms with Crippen molar-refractivity contribution in [2.24, 2.45) is 5.92 Å². The van der Waals surface area contributed by atoms with Crippen LogP contribution in [0.5, 0.6) is 0 Å². The molecular formula is C37H46N4O8. The van der Waals surface area contributed by atoms with Crippen molar-refractivity contribution >= 4 is 34.3 Å². The molecule has 2 saturated heterocycles. The first kappa shape index (κ1) is 34.6. The molecule has 2 fully saturated rings. The number of likely N-dealkylation sites (tertiary alicyclic amines) is 1. The molecular weight excluding hydrogens is 628 g/mol. The lowest BCUT2D eigenvalue weighted by atomic mass is 9.81. The van der Waals surface area contributed by atoms with Crippen LogP contribution in [-0.4, -0.2) is 104 Å². The van der Waals surface area contributed by atoms with E-state index in [9.17, 15) is 14.4 Å². The van der Waals surface area contributed by atoms with Crippen molar-refractivity contribution in [2.45, 2.75) is 50.9 Å².